The van der Waals surface area contributed by atoms with Gasteiger partial charge in [-0.1, -0.05) is 55.0 Å². The summed E-state index contributed by atoms with van der Waals surface area (Å²) in [5.41, 5.74) is 1.42. The van der Waals surface area contributed by atoms with Crippen molar-refractivity contribution in [1.29, 1.82) is 0 Å². The van der Waals surface area contributed by atoms with Gasteiger partial charge in [0, 0.05) is 14.1 Å². The highest BCUT2D eigenvalue weighted by Gasteiger charge is 2.12. The summed E-state index contributed by atoms with van der Waals surface area (Å²) in [5, 5.41) is 3.45. The molecule has 1 atom stereocenters. The van der Waals surface area contributed by atoms with E-state index in [0.29, 0.717) is 6.04 Å². The molecule has 1 unspecified atom stereocenters. The molecule has 1 aromatic rings. The lowest BCUT2D eigenvalue weighted by Crippen LogP contribution is -2.17. The smallest absolute Gasteiger partial charge is 0.0328 e. The Hall–Kier alpha value is 0.390. The Labute approximate surface area is 133 Å². The van der Waals surface area contributed by atoms with Crippen molar-refractivity contribution in [2.45, 2.75) is 51.5 Å². The first-order valence-corrected chi connectivity index (χ1v) is 8.68. The predicted molar refractivity (Wildman–Crippen MR) is 92.0 cm³/mol. The SMILES string of the molecule is CCCCCCCC(NC)c1cc(Br)ccc1I. The van der Waals surface area contributed by atoms with Crippen LogP contribution in [0.3, 0.4) is 0 Å². The monoisotopic (exact) mass is 423 g/mol. The average molecular weight is 424 g/mol. The second kappa shape index (κ2) is 9.32. The molecule has 0 bridgehead atoms. The second-order valence-corrected chi connectivity index (χ2v) is 6.79. The average Bonchev–Trinajstić information content (AvgIpc) is 2.37. The van der Waals surface area contributed by atoms with Gasteiger partial charge in [-0.15, -0.1) is 0 Å². The Bertz CT molecular complexity index is 354. The van der Waals surface area contributed by atoms with E-state index in [0.717, 1.165) is 0 Å². The molecule has 1 nitrogen and oxygen atoms in total. The van der Waals surface area contributed by atoms with Gasteiger partial charge in [0.05, 0.1) is 0 Å². The molecule has 0 aliphatic carbocycles. The standard InChI is InChI=1S/C15H23BrIN/c1-3-4-5-6-7-8-15(18-2)13-11-12(16)9-10-14(13)17/h9-11,15,18H,3-8H2,1-2H3. The lowest BCUT2D eigenvalue weighted by Gasteiger charge is -2.18. The van der Waals surface area contributed by atoms with Crippen LogP contribution >= 0.6 is 38.5 Å². The zero-order valence-corrected chi connectivity index (χ0v) is 15.1. The van der Waals surface area contributed by atoms with Gasteiger partial charge in [-0.2, -0.15) is 0 Å². The summed E-state index contributed by atoms with van der Waals surface area (Å²) in [6.45, 7) is 2.26. The normalized spacial score (nSPS) is 12.7. The van der Waals surface area contributed by atoms with Gasteiger partial charge in [-0.25, -0.2) is 0 Å². The number of hydrogen-bond acceptors (Lipinski definition) is 1. The van der Waals surface area contributed by atoms with Crippen molar-refractivity contribution in [3.05, 3.63) is 31.8 Å². The highest BCUT2D eigenvalue weighted by Crippen LogP contribution is 2.27. The molecule has 0 saturated heterocycles. The topological polar surface area (TPSA) is 12.0 Å². The highest BCUT2D eigenvalue weighted by molar-refractivity contribution is 14.1. The molecule has 0 amide bonds. The molecule has 0 aromatic heterocycles. The molecule has 0 radical (unpaired) electrons. The first-order chi connectivity index (χ1) is 8.69. The molecular weight excluding hydrogens is 401 g/mol. The van der Waals surface area contributed by atoms with E-state index >= 15 is 0 Å². The van der Waals surface area contributed by atoms with Crippen LogP contribution in [0.2, 0.25) is 0 Å². The Balaban J connectivity index is 2.52. The van der Waals surface area contributed by atoms with Crippen LogP contribution < -0.4 is 5.32 Å². The van der Waals surface area contributed by atoms with Gasteiger partial charge < -0.3 is 5.32 Å². The van der Waals surface area contributed by atoms with E-state index in [1.165, 1.54) is 52.1 Å². The van der Waals surface area contributed by atoms with Gasteiger partial charge >= 0.3 is 0 Å². The van der Waals surface area contributed by atoms with Crippen LogP contribution in [0.4, 0.5) is 0 Å². The van der Waals surface area contributed by atoms with E-state index in [1.54, 1.807) is 0 Å². The van der Waals surface area contributed by atoms with Gasteiger partial charge in [0.15, 0.2) is 0 Å². The van der Waals surface area contributed by atoms with Crippen molar-refractivity contribution in [3.8, 4) is 0 Å². The molecule has 1 aromatic carbocycles. The molecule has 1 N–H and O–H groups in total. The van der Waals surface area contributed by atoms with Gasteiger partial charge in [-0.05, 0) is 59.8 Å². The molecule has 0 saturated carbocycles. The van der Waals surface area contributed by atoms with E-state index in [9.17, 15) is 0 Å². The molecule has 0 aliphatic heterocycles. The third kappa shape index (κ3) is 5.57. The van der Waals surface area contributed by atoms with Crippen molar-refractivity contribution in [2.24, 2.45) is 0 Å². The van der Waals surface area contributed by atoms with Gasteiger partial charge in [0.2, 0.25) is 0 Å². The van der Waals surface area contributed by atoms with Crippen molar-refractivity contribution in [1.82, 2.24) is 5.32 Å². The minimum Gasteiger partial charge on any atom is -0.313 e. The molecular formula is C15H23BrIN. The lowest BCUT2D eigenvalue weighted by atomic mass is 10.00. The summed E-state index contributed by atoms with van der Waals surface area (Å²) < 4.78 is 2.52. The molecule has 102 valence electrons. The first kappa shape index (κ1) is 16.4. The maximum atomic E-state index is 3.57. The Morgan fingerprint density at radius 1 is 1.22 bits per heavy atom. The highest BCUT2D eigenvalue weighted by atomic mass is 127. The van der Waals surface area contributed by atoms with Crippen LogP contribution in [-0.4, -0.2) is 7.05 Å². The van der Waals surface area contributed by atoms with Crippen molar-refractivity contribution < 1.29 is 0 Å². The number of halogens is 2. The Morgan fingerprint density at radius 3 is 2.61 bits per heavy atom. The number of rotatable bonds is 8. The number of nitrogens with one attached hydrogen (secondary N) is 1. The van der Waals surface area contributed by atoms with Crippen molar-refractivity contribution in [2.75, 3.05) is 7.05 Å². The largest absolute Gasteiger partial charge is 0.313 e. The fourth-order valence-corrected chi connectivity index (χ4v) is 3.28. The van der Waals surface area contributed by atoms with Crippen molar-refractivity contribution >= 4 is 38.5 Å². The predicted octanol–water partition coefficient (Wildman–Crippen LogP) is 5.67. The third-order valence-corrected chi connectivity index (χ3v) is 4.75. The van der Waals surface area contributed by atoms with Gasteiger partial charge in [0.25, 0.3) is 0 Å². The van der Waals surface area contributed by atoms with Crippen LogP contribution in [-0.2, 0) is 0 Å². The van der Waals surface area contributed by atoms with Gasteiger partial charge in [-0.3, -0.25) is 0 Å². The summed E-state index contributed by atoms with van der Waals surface area (Å²) in [5.74, 6) is 0. The summed E-state index contributed by atoms with van der Waals surface area (Å²) in [4.78, 5) is 0. The summed E-state index contributed by atoms with van der Waals surface area (Å²) in [7, 11) is 2.06. The Kier molecular flexibility index (Phi) is 8.51. The third-order valence-electron chi connectivity index (χ3n) is 3.28. The first-order valence-electron chi connectivity index (χ1n) is 6.81. The van der Waals surface area contributed by atoms with Gasteiger partial charge in [0.1, 0.15) is 0 Å². The fourth-order valence-electron chi connectivity index (χ4n) is 2.19. The molecule has 0 heterocycles. The lowest BCUT2D eigenvalue weighted by molar-refractivity contribution is 0.499. The van der Waals surface area contributed by atoms with E-state index in [4.69, 9.17) is 0 Å². The number of unbranched alkanes of at least 4 members (excludes halogenated alkanes) is 4. The fraction of sp³-hybridized carbons (Fsp3) is 0.600. The zero-order chi connectivity index (χ0) is 13.4. The van der Waals surface area contributed by atoms with E-state index < -0.39 is 0 Å². The van der Waals surface area contributed by atoms with Crippen LogP contribution in [0.5, 0.6) is 0 Å². The summed E-state index contributed by atoms with van der Waals surface area (Å²) in [6.07, 6.45) is 7.97. The van der Waals surface area contributed by atoms with E-state index in [-0.39, 0.29) is 0 Å². The molecule has 3 heteroatoms. The number of benzene rings is 1. The maximum Gasteiger partial charge on any atom is 0.0328 e. The molecule has 1 rings (SSSR count). The second-order valence-electron chi connectivity index (χ2n) is 4.71. The maximum absolute atomic E-state index is 3.57. The van der Waals surface area contributed by atoms with E-state index in [1.807, 2.05) is 0 Å². The van der Waals surface area contributed by atoms with Crippen LogP contribution in [0.1, 0.15) is 57.1 Å². The summed E-state index contributed by atoms with van der Waals surface area (Å²) >= 11 is 5.99. The summed E-state index contributed by atoms with van der Waals surface area (Å²) in [6, 6.07) is 7.02. The minimum atomic E-state index is 0.482. The molecule has 18 heavy (non-hydrogen) atoms. The van der Waals surface area contributed by atoms with E-state index in [2.05, 4.69) is 76.0 Å². The van der Waals surface area contributed by atoms with Crippen LogP contribution in [0.15, 0.2) is 22.7 Å². The van der Waals surface area contributed by atoms with Crippen molar-refractivity contribution in [3.63, 3.8) is 0 Å². The van der Waals surface area contributed by atoms with Crippen LogP contribution in [0, 0.1) is 3.57 Å². The zero-order valence-electron chi connectivity index (χ0n) is 11.3. The molecule has 0 spiro atoms. The quantitative estimate of drug-likeness (QED) is 0.419. The Morgan fingerprint density at radius 2 is 1.94 bits per heavy atom. The van der Waals surface area contributed by atoms with Crippen LogP contribution in [0.25, 0.3) is 0 Å². The molecule has 0 aliphatic rings. The number of hydrogen-bond donors (Lipinski definition) is 1. The molecule has 0 fully saturated rings. The minimum absolute atomic E-state index is 0.482.